The molecule has 1 fully saturated rings. The molecule has 13 heavy (non-hydrogen) atoms. The lowest BCUT2D eigenvalue weighted by molar-refractivity contribution is -0.121. The zero-order valence-corrected chi connectivity index (χ0v) is 7.93. The van der Waals surface area contributed by atoms with Crippen LogP contribution in [-0.4, -0.2) is 42.2 Å². The lowest BCUT2D eigenvalue weighted by Crippen LogP contribution is -2.61. The molecule has 0 aromatic rings. The monoisotopic (exact) mass is 203 g/mol. The van der Waals surface area contributed by atoms with Crippen molar-refractivity contribution in [1.29, 1.82) is 0 Å². The Morgan fingerprint density at radius 1 is 1.77 bits per heavy atom. The number of nitrogens with two attached hydrogens (primary N) is 1. The number of nitrogens with one attached hydrogen (secondary N) is 3. The van der Waals surface area contributed by atoms with E-state index in [1.165, 1.54) is 0 Å². The number of thiocarbonyl (C=S) groups is 1. The lowest BCUT2D eigenvalue weighted by Gasteiger charge is -2.33. The molecular weight excluding hydrogens is 190 g/mol. The summed E-state index contributed by atoms with van der Waals surface area (Å²) in [6, 6.07) is 0. The van der Waals surface area contributed by atoms with Crippen LogP contribution < -0.4 is 21.9 Å². The van der Waals surface area contributed by atoms with Gasteiger partial charge < -0.3 is 16.0 Å². The van der Waals surface area contributed by atoms with Crippen molar-refractivity contribution in [1.82, 2.24) is 21.1 Å². The van der Waals surface area contributed by atoms with Crippen molar-refractivity contribution in [3.63, 3.8) is 0 Å². The van der Waals surface area contributed by atoms with Crippen LogP contribution >= 0.6 is 12.2 Å². The molecule has 1 heterocycles. The molecule has 0 radical (unpaired) electrons. The van der Waals surface area contributed by atoms with Gasteiger partial charge in [-0.15, -0.1) is 0 Å². The van der Waals surface area contributed by atoms with E-state index in [1.807, 2.05) is 0 Å². The van der Waals surface area contributed by atoms with E-state index in [0.717, 1.165) is 13.0 Å². The van der Waals surface area contributed by atoms with Crippen LogP contribution in [0.4, 0.5) is 0 Å². The topological polar surface area (TPSA) is 82.4 Å². The highest BCUT2D eigenvalue weighted by atomic mass is 32.1. The molecule has 1 amide bonds. The largest absolute Gasteiger partial charge is 0.375 e. The fourth-order valence-electron chi connectivity index (χ4n) is 1.13. The molecule has 1 saturated heterocycles. The molecule has 0 saturated carbocycles. The number of hydrogen-bond donors (Lipinski definition) is 4. The lowest BCUT2D eigenvalue weighted by atomic mass is 10.3. The van der Waals surface area contributed by atoms with Gasteiger partial charge in [-0.1, -0.05) is 0 Å². The van der Waals surface area contributed by atoms with E-state index in [0.29, 0.717) is 13.1 Å². The second-order valence-corrected chi connectivity index (χ2v) is 3.14. The number of hydrazine groups is 1. The quantitative estimate of drug-likeness (QED) is 0.235. The molecule has 1 aliphatic heterocycles. The fraction of sp³-hybridized carbons (Fsp3) is 0.667. The van der Waals surface area contributed by atoms with Crippen molar-refractivity contribution >= 4 is 23.7 Å². The van der Waals surface area contributed by atoms with Gasteiger partial charge in [0.2, 0.25) is 6.41 Å². The van der Waals surface area contributed by atoms with Crippen LogP contribution in [0.3, 0.4) is 0 Å². The highest BCUT2D eigenvalue weighted by Crippen LogP contribution is 1.94. The van der Waals surface area contributed by atoms with Gasteiger partial charge in [0.15, 0.2) is 5.11 Å². The van der Waals surface area contributed by atoms with E-state index in [9.17, 15) is 4.79 Å². The zero-order chi connectivity index (χ0) is 9.68. The third kappa shape index (κ3) is 3.13. The SMILES string of the molecule is NC(=S)NNC1CNCCN1C=O. The minimum absolute atomic E-state index is 0.104. The molecule has 74 valence electrons. The average Bonchev–Trinajstić information content (AvgIpc) is 2.15. The normalized spacial score (nSPS) is 22.5. The molecular formula is C6H13N5OS. The highest BCUT2D eigenvalue weighted by Gasteiger charge is 2.19. The maximum absolute atomic E-state index is 10.6. The maximum atomic E-state index is 10.6. The Kier molecular flexibility index (Phi) is 3.87. The summed E-state index contributed by atoms with van der Waals surface area (Å²) in [6.07, 6.45) is 0.701. The van der Waals surface area contributed by atoms with Crippen molar-refractivity contribution < 1.29 is 4.79 Å². The van der Waals surface area contributed by atoms with Gasteiger partial charge in [-0.3, -0.25) is 10.2 Å². The first kappa shape index (κ1) is 10.2. The zero-order valence-electron chi connectivity index (χ0n) is 7.12. The molecule has 0 aliphatic carbocycles. The van der Waals surface area contributed by atoms with Crippen molar-refractivity contribution in [2.75, 3.05) is 19.6 Å². The summed E-state index contributed by atoms with van der Waals surface area (Å²) in [7, 11) is 0. The van der Waals surface area contributed by atoms with Crippen molar-refractivity contribution in [2.24, 2.45) is 5.73 Å². The van der Waals surface area contributed by atoms with Crippen LogP contribution in [-0.2, 0) is 4.79 Å². The van der Waals surface area contributed by atoms with Gasteiger partial charge in [-0.2, -0.15) is 0 Å². The van der Waals surface area contributed by atoms with Crippen molar-refractivity contribution in [3.05, 3.63) is 0 Å². The average molecular weight is 203 g/mol. The Balaban J connectivity index is 2.35. The summed E-state index contributed by atoms with van der Waals surface area (Å²) >= 11 is 4.62. The van der Waals surface area contributed by atoms with Crippen molar-refractivity contribution in [3.8, 4) is 0 Å². The van der Waals surface area contributed by atoms with Crippen LogP contribution in [0.15, 0.2) is 0 Å². The van der Waals surface area contributed by atoms with Crippen LogP contribution in [0.1, 0.15) is 0 Å². The maximum Gasteiger partial charge on any atom is 0.211 e. The molecule has 0 aromatic heterocycles. The van der Waals surface area contributed by atoms with E-state index in [-0.39, 0.29) is 11.3 Å². The first-order chi connectivity index (χ1) is 6.24. The van der Waals surface area contributed by atoms with Gasteiger partial charge in [-0.05, 0) is 12.2 Å². The summed E-state index contributed by atoms with van der Waals surface area (Å²) in [4.78, 5) is 12.2. The predicted octanol–water partition coefficient (Wildman–Crippen LogP) is -2.29. The second kappa shape index (κ2) is 4.95. The summed E-state index contributed by atoms with van der Waals surface area (Å²) in [5, 5.41) is 3.30. The number of amides is 1. The summed E-state index contributed by atoms with van der Waals surface area (Å²) in [5.41, 5.74) is 10.7. The number of rotatable bonds is 3. The smallest absolute Gasteiger partial charge is 0.211 e. The Bertz CT molecular complexity index is 199. The van der Waals surface area contributed by atoms with Gasteiger partial charge in [0, 0.05) is 19.6 Å². The molecule has 7 heteroatoms. The Hall–Kier alpha value is -0.920. The molecule has 0 aromatic carbocycles. The number of carbonyl (C=O) groups is 1. The van der Waals surface area contributed by atoms with E-state index < -0.39 is 0 Å². The number of nitrogens with zero attached hydrogens (tertiary/aromatic N) is 1. The molecule has 1 aliphatic rings. The summed E-state index contributed by atoms with van der Waals surface area (Å²) < 4.78 is 0. The molecule has 0 bridgehead atoms. The Morgan fingerprint density at radius 3 is 3.15 bits per heavy atom. The molecule has 5 N–H and O–H groups in total. The third-order valence-electron chi connectivity index (χ3n) is 1.78. The van der Waals surface area contributed by atoms with Gasteiger partial charge in [0.1, 0.15) is 6.17 Å². The van der Waals surface area contributed by atoms with Crippen molar-refractivity contribution in [2.45, 2.75) is 6.17 Å². The number of piperazine rings is 1. The fourth-order valence-corrected chi connectivity index (χ4v) is 1.19. The van der Waals surface area contributed by atoms with E-state index >= 15 is 0 Å². The third-order valence-corrected chi connectivity index (χ3v) is 1.88. The molecule has 1 rings (SSSR count). The molecule has 1 unspecified atom stereocenters. The molecule has 6 nitrogen and oxygen atoms in total. The minimum Gasteiger partial charge on any atom is -0.375 e. The minimum atomic E-state index is -0.104. The van der Waals surface area contributed by atoms with E-state index in [1.54, 1.807) is 4.90 Å². The van der Waals surface area contributed by atoms with Crippen LogP contribution in [0.2, 0.25) is 0 Å². The molecule has 1 atom stereocenters. The highest BCUT2D eigenvalue weighted by molar-refractivity contribution is 7.80. The summed E-state index contributed by atoms with van der Waals surface area (Å²) in [6.45, 7) is 2.17. The van der Waals surface area contributed by atoms with Gasteiger partial charge in [0.25, 0.3) is 0 Å². The molecule has 0 spiro atoms. The van der Waals surface area contributed by atoms with Crippen LogP contribution in [0, 0.1) is 0 Å². The first-order valence-corrected chi connectivity index (χ1v) is 4.37. The van der Waals surface area contributed by atoms with Crippen LogP contribution in [0.5, 0.6) is 0 Å². The summed E-state index contributed by atoms with van der Waals surface area (Å²) in [5.74, 6) is 0. The van der Waals surface area contributed by atoms with Gasteiger partial charge in [0.05, 0.1) is 0 Å². The standard InChI is InChI=1S/C6H13N5OS/c7-6(13)10-9-5-3-8-1-2-11(5)4-12/h4-5,8-9H,1-3H2,(H3,7,10,13). The Morgan fingerprint density at radius 2 is 2.54 bits per heavy atom. The van der Waals surface area contributed by atoms with E-state index in [2.05, 4.69) is 28.4 Å². The van der Waals surface area contributed by atoms with Crippen LogP contribution in [0.25, 0.3) is 0 Å². The van der Waals surface area contributed by atoms with E-state index in [4.69, 9.17) is 5.73 Å². The van der Waals surface area contributed by atoms with Gasteiger partial charge in [-0.25, -0.2) is 5.43 Å². The second-order valence-electron chi connectivity index (χ2n) is 2.70. The predicted molar refractivity (Wildman–Crippen MR) is 52.5 cm³/mol. The first-order valence-electron chi connectivity index (χ1n) is 3.97. The Labute approximate surface area is 81.8 Å². The van der Waals surface area contributed by atoms with Gasteiger partial charge >= 0.3 is 0 Å². The number of hydrogen-bond acceptors (Lipinski definition) is 4. The number of carbonyl (C=O) groups excluding carboxylic acids is 1.